The van der Waals surface area contributed by atoms with Crippen molar-refractivity contribution in [2.24, 2.45) is 0 Å². The summed E-state index contributed by atoms with van der Waals surface area (Å²) in [7, 11) is 0. The minimum atomic E-state index is -0.0180. The van der Waals surface area contributed by atoms with E-state index in [4.69, 9.17) is 4.98 Å². The van der Waals surface area contributed by atoms with E-state index in [0.717, 1.165) is 37.6 Å². The fourth-order valence-electron chi connectivity index (χ4n) is 3.18. The maximum atomic E-state index is 12.6. The van der Waals surface area contributed by atoms with Crippen molar-refractivity contribution in [2.45, 2.75) is 20.3 Å². The van der Waals surface area contributed by atoms with Gasteiger partial charge in [0.2, 0.25) is 5.91 Å². The quantitative estimate of drug-likeness (QED) is 0.495. The Kier molecular flexibility index (Phi) is 4.73. The molecule has 134 valence electrons. The van der Waals surface area contributed by atoms with Crippen molar-refractivity contribution in [2.75, 3.05) is 5.32 Å². The Balaban J connectivity index is 1.60. The number of carbonyl (C=O) groups excluding carboxylic acids is 1. The number of hydrogen-bond acceptors (Lipinski definition) is 3. The monoisotopic (exact) mass is 372 g/mol. The molecule has 1 N–H and O–H groups in total. The highest BCUT2D eigenvalue weighted by Crippen LogP contribution is 2.34. The maximum absolute atomic E-state index is 12.6. The summed E-state index contributed by atoms with van der Waals surface area (Å²) in [6.07, 6.45) is 0.361. The molecule has 0 unspecified atom stereocenters. The first kappa shape index (κ1) is 17.4. The topological polar surface area (TPSA) is 42.0 Å². The van der Waals surface area contributed by atoms with Crippen LogP contribution in [0.3, 0.4) is 0 Å². The molecule has 27 heavy (non-hydrogen) atoms. The van der Waals surface area contributed by atoms with Gasteiger partial charge in [-0.1, -0.05) is 48.0 Å². The summed E-state index contributed by atoms with van der Waals surface area (Å²) < 4.78 is 1.14. The van der Waals surface area contributed by atoms with Crippen molar-refractivity contribution < 1.29 is 4.79 Å². The molecule has 0 saturated carbocycles. The Morgan fingerprint density at radius 1 is 1.00 bits per heavy atom. The molecule has 0 spiro atoms. The lowest BCUT2D eigenvalue weighted by molar-refractivity contribution is -0.115. The molecule has 1 aromatic heterocycles. The first-order valence-corrected chi connectivity index (χ1v) is 9.73. The standard InChI is InChI=1S/C23H20N2OS/c1-15-11-12-17(16(2)13-15)14-22(26)24-19-8-4-3-7-18(19)23-25-20-9-5-6-10-21(20)27-23/h3-13H,14H2,1-2H3,(H,24,26). The number of fused-ring (bicyclic) bond motifs is 1. The van der Waals surface area contributed by atoms with Crippen LogP contribution in [0, 0.1) is 13.8 Å². The average molecular weight is 372 g/mol. The van der Waals surface area contributed by atoms with E-state index in [1.54, 1.807) is 11.3 Å². The van der Waals surface area contributed by atoms with Crippen LogP contribution in [0.2, 0.25) is 0 Å². The van der Waals surface area contributed by atoms with Gasteiger partial charge in [-0.2, -0.15) is 0 Å². The third-order valence-electron chi connectivity index (χ3n) is 4.57. The number of hydrogen-bond donors (Lipinski definition) is 1. The lowest BCUT2D eigenvalue weighted by Crippen LogP contribution is -2.15. The second kappa shape index (κ2) is 7.33. The molecule has 0 atom stereocenters. The number of benzene rings is 3. The number of thiazole rings is 1. The Morgan fingerprint density at radius 3 is 2.59 bits per heavy atom. The summed E-state index contributed by atoms with van der Waals surface area (Å²) in [5, 5.41) is 3.99. The summed E-state index contributed by atoms with van der Waals surface area (Å²) >= 11 is 1.64. The molecule has 3 aromatic carbocycles. The van der Waals surface area contributed by atoms with Crippen molar-refractivity contribution in [3.05, 3.63) is 83.4 Å². The first-order valence-electron chi connectivity index (χ1n) is 8.91. The van der Waals surface area contributed by atoms with Crippen LogP contribution in [0.25, 0.3) is 20.8 Å². The average Bonchev–Trinajstić information content (AvgIpc) is 3.08. The number of nitrogens with zero attached hydrogens (tertiary/aromatic N) is 1. The summed E-state index contributed by atoms with van der Waals surface area (Å²) in [4.78, 5) is 17.4. The van der Waals surface area contributed by atoms with E-state index < -0.39 is 0 Å². The molecule has 4 heteroatoms. The van der Waals surface area contributed by atoms with Gasteiger partial charge in [-0.3, -0.25) is 4.79 Å². The molecule has 1 amide bonds. The van der Waals surface area contributed by atoms with Crippen molar-refractivity contribution >= 4 is 33.1 Å². The number of anilines is 1. The van der Waals surface area contributed by atoms with Crippen molar-refractivity contribution in [1.29, 1.82) is 0 Å². The summed E-state index contributed by atoms with van der Waals surface area (Å²) in [5.74, 6) is -0.0180. The van der Waals surface area contributed by atoms with E-state index in [0.29, 0.717) is 6.42 Å². The summed E-state index contributed by atoms with van der Waals surface area (Å²) in [5.41, 5.74) is 6.13. The lowest BCUT2D eigenvalue weighted by Gasteiger charge is -2.11. The van der Waals surface area contributed by atoms with Gasteiger partial charge in [0, 0.05) is 5.56 Å². The van der Waals surface area contributed by atoms with E-state index in [2.05, 4.69) is 24.4 Å². The molecule has 0 aliphatic carbocycles. The predicted molar refractivity (Wildman–Crippen MR) is 113 cm³/mol. The smallest absolute Gasteiger partial charge is 0.228 e. The van der Waals surface area contributed by atoms with Crippen LogP contribution < -0.4 is 5.32 Å². The molecule has 0 aliphatic rings. The number of carbonyl (C=O) groups is 1. The Labute approximate surface area is 162 Å². The molecule has 4 aromatic rings. The number of nitrogens with one attached hydrogen (secondary N) is 1. The highest BCUT2D eigenvalue weighted by Gasteiger charge is 2.13. The zero-order valence-electron chi connectivity index (χ0n) is 15.3. The third kappa shape index (κ3) is 3.76. The van der Waals surface area contributed by atoms with E-state index >= 15 is 0 Å². The van der Waals surface area contributed by atoms with Crippen molar-refractivity contribution in [1.82, 2.24) is 4.98 Å². The zero-order chi connectivity index (χ0) is 18.8. The number of para-hydroxylation sites is 2. The molecule has 0 fully saturated rings. The van der Waals surface area contributed by atoms with Crippen LogP contribution in [0.1, 0.15) is 16.7 Å². The third-order valence-corrected chi connectivity index (χ3v) is 5.64. The lowest BCUT2D eigenvalue weighted by atomic mass is 10.0. The number of aromatic nitrogens is 1. The molecule has 0 bridgehead atoms. The van der Waals surface area contributed by atoms with Gasteiger partial charge < -0.3 is 5.32 Å². The number of rotatable bonds is 4. The van der Waals surface area contributed by atoms with Crippen LogP contribution in [-0.4, -0.2) is 10.9 Å². The van der Waals surface area contributed by atoms with Gasteiger partial charge >= 0.3 is 0 Å². The molecule has 0 saturated heterocycles. The molecular formula is C23H20N2OS. The van der Waals surface area contributed by atoms with Crippen LogP contribution in [0.5, 0.6) is 0 Å². The maximum Gasteiger partial charge on any atom is 0.228 e. The largest absolute Gasteiger partial charge is 0.325 e. The minimum absolute atomic E-state index is 0.0180. The molecular weight excluding hydrogens is 352 g/mol. The van der Waals surface area contributed by atoms with Gasteiger partial charge in [0.25, 0.3) is 0 Å². The van der Waals surface area contributed by atoms with Crippen LogP contribution in [0.15, 0.2) is 66.7 Å². The summed E-state index contributed by atoms with van der Waals surface area (Å²) in [6.45, 7) is 4.11. The van der Waals surface area contributed by atoms with Gasteiger partial charge in [0.15, 0.2) is 0 Å². The van der Waals surface area contributed by atoms with Gasteiger partial charge in [0.1, 0.15) is 5.01 Å². The van der Waals surface area contributed by atoms with Crippen LogP contribution >= 0.6 is 11.3 Å². The highest BCUT2D eigenvalue weighted by atomic mass is 32.1. The van der Waals surface area contributed by atoms with Gasteiger partial charge in [0.05, 0.1) is 22.3 Å². The van der Waals surface area contributed by atoms with E-state index in [9.17, 15) is 4.79 Å². The fourth-order valence-corrected chi connectivity index (χ4v) is 4.18. The molecule has 4 rings (SSSR count). The highest BCUT2D eigenvalue weighted by molar-refractivity contribution is 7.21. The summed E-state index contributed by atoms with van der Waals surface area (Å²) in [6, 6.07) is 22.1. The Hall–Kier alpha value is -2.98. The molecule has 1 heterocycles. The first-order chi connectivity index (χ1) is 13.1. The SMILES string of the molecule is Cc1ccc(CC(=O)Nc2ccccc2-c2nc3ccccc3s2)c(C)c1. The second-order valence-electron chi connectivity index (χ2n) is 6.69. The molecule has 0 radical (unpaired) electrons. The van der Waals surface area contributed by atoms with E-state index in [1.165, 1.54) is 5.56 Å². The van der Waals surface area contributed by atoms with Gasteiger partial charge in [-0.15, -0.1) is 11.3 Å². The van der Waals surface area contributed by atoms with E-state index in [-0.39, 0.29) is 5.91 Å². The van der Waals surface area contributed by atoms with Crippen LogP contribution in [0.4, 0.5) is 5.69 Å². The fraction of sp³-hybridized carbons (Fsp3) is 0.130. The molecule has 3 nitrogen and oxygen atoms in total. The number of amides is 1. The molecule has 0 aliphatic heterocycles. The normalized spacial score (nSPS) is 10.9. The van der Waals surface area contributed by atoms with Gasteiger partial charge in [-0.25, -0.2) is 4.98 Å². The van der Waals surface area contributed by atoms with E-state index in [1.807, 2.05) is 61.5 Å². The van der Waals surface area contributed by atoms with Gasteiger partial charge in [-0.05, 0) is 49.2 Å². The Morgan fingerprint density at radius 2 is 1.78 bits per heavy atom. The predicted octanol–water partition coefficient (Wildman–Crippen LogP) is 5.76. The minimum Gasteiger partial charge on any atom is -0.325 e. The van der Waals surface area contributed by atoms with Crippen molar-refractivity contribution in [3.8, 4) is 10.6 Å². The number of aryl methyl sites for hydroxylation is 2. The Bertz CT molecular complexity index is 1100. The van der Waals surface area contributed by atoms with Crippen LogP contribution in [-0.2, 0) is 11.2 Å². The van der Waals surface area contributed by atoms with Crippen molar-refractivity contribution in [3.63, 3.8) is 0 Å². The second-order valence-corrected chi connectivity index (χ2v) is 7.72. The zero-order valence-corrected chi connectivity index (χ0v) is 16.1.